The quantitative estimate of drug-likeness (QED) is 0.844. The van der Waals surface area contributed by atoms with Gasteiger partial charge in [0.2, 0.25) is 5.91 Å². The lowest BCUT2D eigenvalue weighted by molar-refractivity contribution is -0.122. The van der Waals surface area contributed by atoms with E-state index in [1.54, 1.807) is 6.92 Å². The first-order valence-corrected chi connectivity index (χ1v) is 7.50. The van der Waals surface area contributed by atoms with Gasteiger partial charge in [0.25, 0.3) is 0 Å². The number of rotatable bonds is 6. The zero-order valence-corrected chi connectivity index (χ0v) is 12.7. The lowest BCUT2D eigenvalue weighted by Crippen LogP contribution is -2.42. The zero-order chi connectivity index (χ0) is 13.9. The van der Waals surface area contributed by atoms with E-state index in [0.29, 0.717) is 18.9 Å². The molecule has 1 atom stereocenters. The Morgan fingerprint density at radius 2 is 2.05 bits per heavy atom. The Morgan fingerprint density at radius 1 is 1.42 bits per heavy atom. The summed E-state index contributed by atoms with van der Waals surface area (Å²) in [6.07, 6.45) is 3.33. The molecule has 2 N–H and O–H groups in total. The van der Waals surface area contributed by atoms with E-state index in [-0.39, 0.29) is 5.91 Å². The molecular weight excluding hydrogens is 306 g/mol. The second kappa shape index (κ2) is 6.06. The molecule has 0 heterocycles. The summed E-state index contributed by atoms with van der Waals surface area (Å²) in [4.78, 5) is 11.7. The van der Waals surface area contributed by atoms with Crippen LogP contribution in [-0.2, 0) is 11.2 Å². The average molecular weight is 326 g/mol. The van der Waals surface area contributed by atoms with Gasteiger partial charge in [0.15, 0.2) is 0 Å². The summed E-state index contributed by atoms with van der Waals surface area (Å²) in [5, 5.41) is 12.9. The van der Waals surface area contributed by atoms with Gasteiger partial charge >= 0.3 is 0 Å². The predicted octanol–water partition coefficient (Wildman–Crippen LogP) is 2.66. The van der Waals surface area contributed by atoms with Gasteiger partial charge in [-0.2, -0.15) is 0 Å². The molecule has 1 fully saturated rings. The minimum atomic E-state index is -0.743. The first-order valence-electron chi connectivity index (χ1n) is 6.71. The van der Waals surface area contributed by atoms with Crippen molar-refractivity contribution in [2.24, 2.45) is 5.92 Å². The highest BCUT2D eigenvalue weighted by atomic mass is 79.9. The smallest absolute Gasteiger partial charge is 0.220 e. The van der Waals surface area contributed by atoms with E-state index < -0.39 is 5.60 Å². The summed E-state index contributed by atoms with van der Waals surface area (Å²) >= 11 is 3.38. The molecule has 2 rings (SSSR count). The van der Waals surface area contributed by atoms with Crippen LogP contribution in [0.4, 0.5) is 0 Å². The van der Waals surface area contributed by atoms with Crippen molar-refractivity contribution in [3.63, 3.8) is 0 Å². The second-order valence-electron chi connectivity index (χ2n) is 5.53. The summed E-state index contributed by atoms with van der Waals surface area (Å²) in [5.74, 6) is 0.364. The van der Waals surface area contributed by atoms with Gasteiger partial charge in [0.05, 0.1) is 5.60 Å². The molecule has 1 aliphatic carbocycles. The summed E-state index contributed by atoms with van der Waals surface area (Å²) in [5.41, 5.74) is 0.403. The number of aliphatic hydroxyl groups is 1. The van der Waals surface area contributed by atoms with Crippen LogP contribution in [0.1, 0.15) is 31.7 Å². The second-order valence-corrected chi connectivity index (χ2v) is 6.45. The highest BCUT2D eigenvalue weighted by Gasteiger charge is 2.39. The van der Waals surface area contributed by atoms with Gasteiger partial charge in [0.1, 0.15) is 0 Å². The van der Waals surface area contributed by atoms with Crippen molar-refractivity contribution in [3.8, 4) is 0 Å². The van der Waals surface area contributed by atoms with Crippen molar-refractivity contribution in [1.82, 2.24) is 5.32 Å². The molecule has 0 aromatic heterocycles. The van der Waals surface area contributed by atoms with Crippen LogP contribution in [0.5, 0.6) is 0 Å². The van der Waals surface area contributed by atoms with Gasteiger partial charge in [0, 0.05) is 17.4 Å². The zero-order valence-electron chi connectivity index (χ0n) is 11.2. The number of halogens is 1. The van der Waals surface area contributed by atoms with Crippen molar-refractivity contribution < 1.29 is 9.90 Å². The van der Waals surface area contributed by atoms with Crippen LogP contribution < -0.4 is 5.32 Å². The molecule has 0 radical (unpaired) electrons. The molecule has 0 spiro atoms. The Bertz CT molecular complexity index is 438. The number of hydrogen-bond acceptors (Lipinski definition) is 2. The highest BCUT2D eigenvalue weighted by molar-refractivity contribution is 9.10. The van der Waals surface area contributed by atoms with Gasteiger partial charge in [-0.15, -0.1) is 0 Å². The lowest BCUT2D eigenvalue weighted by atomic mass is 10.0. The molecule has 0 aliphatic heterocycles. The van der Waals surface area contributed by atoms with Crippen LogP contribution in [0, 0.1) is 5.92 Å². The largest absolute Gasteiger partial charge is 0.388 e. The minimum Gasteiger partial charge on any atom is -0.388 e. The van der Waals surface area contributed by atoms with E-state index in [4.69, 9.17) is 0 Å². The number of carbonyl (C=O) groups is 1. The number of carbonyl (C=O) groups excluding carboxylic acids is 1. The SMILES string of the molecule is CC(O)(CNC(=O)CCc1ccc(Br)cc1)C1CC1. The fourth-order valence-corrected chi connectivity index (χ4v) is 2.39. The van der Waals surface area contributed by atoms with E-state index in [0.717, 1.165) is 29.3 Å². The lowest BCUT2D eigenvalue weighted by Gasteiger charge is -2.23. The first-order chi connectivity index (χ1) is 8.97. The maximum Gasteiger partial charge on any atom is 0.220 e. The third-order valence-electron chi connectivity index (χ3n) is 3.65. The van der Waals surface area contributed by atoms with Crippen molar-refractivity contribution in [3.05, 3.63) is 34.3 Å². The average Bonchev–Trinajstić information content (AvgIpc) is 3.20. The highest BCUT2D eigenvalue weighted by Crippen LogP contribution is 2.38. The maximum atomic E-state index is 11.7. The third-order valence-corrected chi connectivity index (χ3v) is 4.18. The summed E-state index contributed by atoms with van der Waals surface area (Å²) < 4.78 is 1.04. The third kappa shape index (κ3) is 4.62. The Morgan fingerprint density at radius 3 is 2.63 bits per heavy atom. The van der Waals surface area contributed by atoms with Crippen LogP contribution >= 0.6 is 15.9 Å². The van der Waals surface area contributed by atoms with Crippen LogP contribution in [-0.4, -0.2) is 23.2 Å². The molecule has 0 bridgehead atoms. The Kier molecular flexibility index (Phi) is 4.63. The summed E-state index contributed by atoms with van der Waals surface area (Å²) in [6, 6.07) is 7.98. The van der Waals surface area contributed by atoms with E-state index in [1.165, 1.54) is 0 Å². The van der Waals surface area contributed by atoms with E-state index >= 15 is 0 Å². The molecule has 1 amide bonds. The number of nitrogens with one attached hydrogen (secondary N) is 1. The molecule has 19 heavy (non-hydrogen) atoms. The van der Waals surface area contributed by atoms with Crippen LogP contribution in [0.2, 0.25) is 0 Å². The first kappa shape index (κ1) is 14.5. The van der Waals surface area contributed by atoms with Crippen LogP contribution in [0.15, 0.2) is 28.7 Å². The molecule has 1 aromatic rings. The normalized spacial score (nSPS) is 17.8. The van der Waals surface area contributed by atoms with E-state index in [9.17, 15) is 9.90 Å². The molecule has 1 saturated carbocycles. The van der Waals surface area contributed by atoms with Crippen molar-refractivity contribution in [2.45, 2.75) is 38.2 Å². The fraction of sp³-hybridized carbons (Fsp3) is 0.533. The molecule has 1 unspecified atom stereocenters. The van der Waals surface area contributed by atoms with Gasteiger partial charge in [-0.05, 0) is 49.8 Å². The predicted molar refractivity (Wildman–Crippen MR) is 78.8 cm³/mol. The van der Waals surface area contributed by atoms with Crippen molar-refractivity contribution in [1.29, 1.82) is 0 Å². The number of hydrogen-bond donors (Lipinski definition) is 2. The number of amides is 1. The summed E-state index contributed by atoms with van der Waals surface area (Å²) in [6.45, 7) is 2.16. The molecular formula is C15H20BrNO2. The van der Waals surface area contributed by atoms with Crippen molar-refractivity contribution in [2.75, 3.05) is 6.54 Å². The number of benzene rings is 1. The van der Waals surface area contributed by atoms with E-state index in [1.807, 2.05) is 24.3 Å². The minimum absolute atomic E-state index is 0.00356. The van der Waals surface area contributed by atoms with Gasteiger partial charge in [-0.3, -0.25) is 4.79 Å². The number of aryl methyl sites for hydroxylation is 1. The maximum absolute atomic E-state index is 11.7. The van der Waals surface area contributed by atoms with Gasteiger partial charge in [-0.25, -0.2) is 0 Å². The van der Waals surface area contributed by atoms with Crippen molar-refractivity contribution >= 4 is 21.8 Å². The van der Waals surface area contributed by atoms with Crippen LogP contribution in [0.25, 0.3) is 0 Å². The van der Waals surface area contributed by atoms with Gasteiger partial charge < -0.3 is 10.4 Å². The Labute approximate surface area is 122 Å². The summed E-state index contributed by atoms with van der Waals surface area (Å²) in [7, 11) is 0. The fourth-order valence-electron chi connectivity index (χ4n) is 2.12. The van der Waals surface area contributed by atoms with E-state index in [2.05, 4.69) is 21.2 Å². The standard InChI is InChI=1S/C15H20BrNO2/c1-15(19,12-5-6-12)10-17-14(18)9-4-11-2-7-13(16)8-3-11/h2-3,7-8,12,19H,4-6,9-10H2,1H3,(H,17,18). The molecule has 1 aromatic carbocycles. The molecule has 0 saturated heterocycles. The molecule has 3 nitrogen and oxygen atoms in total. The monoisotopic (exact) mass is 325 g/mol. The van der Waals surface area contributed by atoms with Crippen LogP contribution in [0.3, 0.4) is 0 Å². The Hall–Kier alpha value is -0.870. The molecule has 1 aliphatic rings. The Balaban J connectivity index is 1.71. The van der Waals surface area contributed by atoms with Gasteiger partial charge in [-0.1, -0.05) is 28.1 Å². The molecule has 4 heteroatoms. The topological polar surface area (TPSA) is 49.3 Å². The molecule has 104 valence electrons.